The molecule has 0 saturated heterocycles. The summed E-state index contributed by atoms with van der Waals surface area (Å²) in [7, 11) is 0. The standard InChI is InChI=1S/C24H27N5OS.C19H16N4O2S/c1-4-29(14(2)3)24(30)15-6-8-19-20(10-15)31-23-21(19)22(26-13-27-23)28-18-7-5-16-11-25-12-17(16)9-18;24-19(25)10-2-4-14-15(6-10)26-18-16(14)17(21-9-22-18)23-13-3-1-11-7-20-8-12(11)5-13/h5,7,9,12-15H,4,6,8,10-11H2,1-3H3,(H,26,27,28);1,3,5,8-10H,2,4,6-7H2,(H,24,25)(H,21,22,23)/t15-;10-/m00/s1. The molecule has 57 heavy (non-hydrogen) atoms. The Balaban J connectivity index is 0.000000150. The van der Waals surface area contributed by atoms with Gasteiger partial charge in [0, 0.05) is 52.1 Å². The Kier molecular flexibility index (Phi) is 9.99. The first-order chi connectivity index (χ1) is 27.7. The first kappa shape index (κ1) is 37.0. The number of carbonyl (C=O) groups excluding carboxylic acids is 1. The predicted octanol–water partition coefficient (Wildman–Crippen LogP) is 8.29. The van der Waals surface area contributed by atoms with Gasteiger partial charge in [0.25, 0.3) is 0 Å². The number of aromatic nitrogens is 4. The molecule has 2 aliphatic heterocycles. The second-order valence-corrected chi connectivity index (χ2v) is 17.4. The van der Waals surface area contributed by atoms with Gasteiger partial charge in [-0.3, -0.25) is 19.6 Å². The Morgan fingerprint density at radius 1 is 0.772 bits per heavy atom. The highest BCUT2D eigenvalue weighted by atomic mass is 32.1. The van der Waals surface area contributed by atoms with E-state index in [0.29, 0.717) is 12.8 Å². The van der Waals surface area contributed by atoms with Crippen molar-refractivity contribution in [1.29, 1.82) is 0 Å². The first-order valence-corrected chi connectivity index (χ1v) is 21.2. The summed E-state index contributed by atoms with van der Waals surface area (Å²) in [5.74, 6) is 0.970. The second kappa shape index (κ2) is 15.4. The van der Waals surface area contributed by atoms with Gasteiger partial charge in [-0.15, -0.1) is 22.7 Å². The van der Waals surface area contributed by atoms with Gasteiger partial charge in [0.2, 0.25) is 5.91 Å². The van der Waals surface area contributed by atoms with Crippen LogP contribution in [-0.2, 0) is 48.4 Å². The number of rotatable bonds is 8. The zero-order chi connectivity index (χ0) is 39.2. The van der Waals surface area contributed by atoms with E-state index < -0.39 is 5.97 Å². The fourth-order valence-electron chi connectivity index (χ4n) is 8.47. The van der Waals surface area contributed by atoms with E-state index in [1.807, 2.05) is 23.4 Å². The molecule has 10 rings (SSSR count). The molecule has 3 N–H and O–H groups in total. The van der Waals surface area contributed by atoms with Crippen LogP contribution >= 0.6 is 22.7 Å². The maximum atomic E-state index is 13.1. The van der Waals surface area contributed by atoms with E-state index in [9.17, 15) is 14.7 Å². The molecule has 0 fully saturated rings. The number of hydrogen-bond donors (Lipinski definition) is 3. The molecular weight excluding hydrogens is 755 g/mol. The van der Waals surface area contributed by atoms with Gasteiger partial charge in [-0.2, -0.15) is 0 Å². The van der Waals surface area contributed by atoms with Gasteiger partial charge in [-0.1, -0.05) is 12.1 Å². The highest BCUT2D eigenvalue weighted by Crippen LogP contribution is 2.42. The van der Waals surface area contributed by atoms with Crippen molar-refractivity contribution in [2.24, 2.45) is 21.8 Å². The highest BCUT2D eigenvalue weighted by Gasteiger charge is 2.32. The van der Waals surface area contributed by atoms with E-state index in [0.717, 1.165) is 105 Å². The van der Waals surface area contributed by atoms with E-state index in [1.54, 1.807) is 35.3 Å². The van der Waals surface area contributed by atoms with Crippen LogP contribution in [0.2, 0.25) is 0 Å². The summed E-state index contributed by atoms with van der Waals surface area (Å²) in [5.41, 5.74) is 9.27. The van der Waals surface area contributed by atoms with E-state index in [1.165, 1.54) is 27.1 Å². The number of thiophene rings is 2. The molecule has 0 radical (unpaired) electrons. The summed E-state index contributed by atoms with van der Waals surface area (Å²) < 4.78 is 0. The van der Waals surface area contributed by atoms with Crippen molar-refractivity contribution in [2.75, 3.05) is 17.2 Å². The Morgan fingerprint density at radius 2 is 1.28 bits per heavy atom. The molecule has 0 spiro atoms. The zero-order valence-electron chi connectivity index (χ0n) is 32.1. The number of aliphatic carboxylic acids is 1. The SMILES string of the molecule is CCN(C(=O)[C@H]1CCc2c(sc3ncnc(Nc4ccc5c(c4)C=NC5)c23)C1)C(C)C.O=C(O)[C@H]1CCc2c(sc3ncnc(Nc4ccc5c(c4)C=NC5)c23)C1. The lowest BCUT2D eigenvalue weighted by atomic mass is 9.86. The number of aryl methyl sites for hydroxylation is 2. The second-order valence-electron chi connectivity index (χ2n) is 15.3. The van der Waals surface area contributed by atoms with Crippen LogP contribution in [0.15, 0.2) is 59.0 Å². The summed E-state index contributed by atoms with van der Waals surface area (Å²) in [6.45, 7) is 8.51. The minimum atomic E-state index is -0.711. The van der Waals surface area contributed by atoms with E-state index in [2.05, 4.69) is 91.7 Å². The number of fused-ring (bicyclic) bond motifs is 8. The van der Waals surface area contributed by atoms with Gasteiger partial charge >= 0.3 is 5.97 Å². The summed E-state index contributed by atoms with van der Waals surface area (Å²) in [6, 6.07) is 12.8. The minimum absolute atomic E-state index is 0.0586. The van der Waals surface area contributed by atoms with Gasteiger partial charge in [-0.25, -0.2) is 19.9 Å². The van der Waals surface area contributed by atoms with Gasteiger partial charge in [-0.05, 0) is 117 Å². The van der Waals surface area contributed by atoms with Gasteiger partial charge in [0.05, 0.1) is 29.8 Å². The van der Waals surface area contributed by atoms with E-state index in [4.69, 9.17) is 0 Å². The molecule has 4 aliphatic rings. The number of hydrogen-bond acceptors (Lipinski definition) is 12. The molecule has 2 atom stereocenters. The van der Waals surface area contributed by atoms with Crippen LogP contribution in [0.25, 0.3) is 20.4 Å². The van der Waals surface area contributed by atoms with Crippen LogP contribution in [0.4, 0.5) is 23.0 Å². The molecule has 2 aromatic carbocycles. The van der Waals surface area contributed by atoms with Crippen molar-refractivity contribution in [3.63, 3.8) is 0 Å². The molecule has 0 bridgehead atoms. The van der Waals surface area contributed by atoms with Crippen molar-refractivity contribution in [2.45, 2.75) is 78.4 Å². The topological polar surface area (TPSA) is 158 Å². The Hall–Kier alpha value is -5.60. The summed E-state index contributed by atoms with van der Waals surface area (Å²) in [4.78, 5) is 57.4. The number of amides is 1. The maximum absolute atomic E-state index is 13.1. The first-order valence-electron chi connectivity index (χ1n) is 19.6. The van der Waals surface area contributed by atoms with Gasteiger partial charge in [0.1, 0.15) is 34.0 Å². The normalized spacial score (nSPS) is 17.5. The largest absolute Gasteiger partial charge is 0.481 e. The van der Waals surface area contributed by atoms with Crippen LogP contribution in [0, 0.1) is 11.8 Å². The number of carboxylic acid groups (broad SMARTS) is 1. The van der Waals surface area contributed by atoms with Crippen LogP contribution in [-0.4, -0.2) is 66.8 Å². The molecule has 290 valence electrons. The third-order valence-corrected chi connectivity index (χ3v) is 13.8. The maximum Gasteiger partial charge on any atom is 0.306 e. The Bertz CT molecular complexity index is 2610. The molecule has 0 unspecified atom stereocenters. The van der Waals surface area contributed by atoms with Crippen molar-refractivity contribution in [3.05, 3.63) is 92.2 Å². The van der Waals surface area contributed by atoms with E-state index >= 15 is 0 Å². The zero-order valence-corrected chi connectivity index (χ0v) is 33.7. The summed E-state index contributed by atoms with van der Waals surface area (Å²) in [5, 5.41) is 18.4. The number of benzene rings is 2. The number of nitrogens with one attached hydrogen (secondary N) is 2. The lowest BCUT2D eigenvalue weighted by Crippen LogP contribution is -2.42. The number of nitrogens with zero attached hydrogens (tertiary/aromatic N) is 7. The number of anilines is 4. The molecule has 4 aromatic heterocycles. The highest BCUT2D eigenvalue weighted by molar-refractivity contribution is 7.19. The summed E-state index contributed by atoms with van der Waals surface area (Å²) in [6.07, 6.45) is 11.6. The number of aliphatic imine (C=N–C) groups is 2. The predicted molar refractivity (Wildman–Crippen MR) is 228 cm³/mol. The average Bonchev–Trinajstić information content (AvgIpc) is 4.02. The molecule has 6 aromatic rings. The van der Waals surface area contributed by atoms with E-state index in [-0.39, 0.29) is 23.8 Å². The average molecular weight is 798 g/mol. The monoisotopic (exact) mass is 797 g/mol. The van der Waals surface area contributed by atoms with Crippen molar-refractivity contribution >= 4 is 90.4 Å². The van der Waals surface area contributed by atoms with Crippen LogP contribution in [0.1, 0.15) is 76.7 Å². The summed E-state index contributed by atoms with van der Waals surface area (Å²) >= 11 is 3.30. The molecule has 14 heteroatoms. The van der Waals surface area contributed by atoms with Crippen molar-refractivity contribution < 1.29 is 14.7 Å². The molecule has 6 heterocycles. The quantitative estimate of drug-likeness (QED) is 0.138. The van der Waals surface area contributed by atoms with Crippen LogP contribution in [0.3, 0.4) is 0 Å². The fourth-order valence-corrected chi connectivity index (χ4v) is 11.0. The van der Waals surface area contributed by atoms with Crippen molar-refractivity contribution in [1.82, 2.24) is 24.8 Å². The fraction of sp³-hybridized carbons (Fsp3) is 0.349. The molecule has 0 saturated carbocycles. The third kappa shape index (κ3) is 7.16. The van der Waals surface area contributed by atoms with Crippen LogP contribution < -0.4 is 10.6 Å². The molecule has 12 nitrogen and oxygen atoms in total. The smallest absolute Gasteiger partial charge is 0.306 e. The van der Waals surface area contributed by atoms with Crippen molar-refractivity contribution in [3.8, 4) is 0 Å². The minimum Gasteiger partial charge on any atom is -0.481 e. The molecule has 2 aliphatic carbocycles. The Morgan fingerprint density at radius 3 is 1.77 bits per heavy atom. The third-order valence-electron chi connectivity index (χ3n) is 11.4. The van der Waals surface area contributed by atoms with Crippen LogP contribution in [0.5, 0.6) is 0 Å². The number of carbonyl (C=O) groups is 2. The van der Waals surface area contributed by atoms with Gasteiger partial charge < -0.3 is 20.6 Å². The Labute approximate surface area is 338 Å². The van der Waals surface area contributed by atoms with Gasteiger partial charge in [0.15, 0.2) is 0 Å². The molecular formula is C43H43N9O3S2. The number of carboxylic acids is 1. The molecule has 1 amide bonds. The lowest BCUT2D eigenvalue weighted by molar-refractivity contribution is -0.142. The lowest BCUT2D eigenvalue weighted by Gasteiger charge is -2.31.